The lowest BCUT2D eigenvalue weighted by molar-refractivity contribution is -0.137. The zero-order valence-electron chi connectivity index (χ0n) is 18.8. The van der Waals surface area contributed by atoms with Crippen molar-refractivity contribution in [1.82, 2.24) is 9.66 Å². The van der Waals surface area contributed by atoms with Crippen LogP contribution in [0.25, 0.3) is 33.6 Å². The maximum Gasteiger partial charge on any atom is 0.416 e. The Bertz CT molecular complexity index is 1690. The molecule has 5 rings (SSSR count). The second-order valence-corrected chi connectivity index (χ2v) is 8.47. The molecule has 0 fully saturated rings. The standard InChI is InChI=1S/C27H17ClF3N3O2/c1-16-9-10-17(14-22(16)28)24-12-11-20(36-24)15-32-34-25(18-5-4-6-19(13-18)27(29,30)31)33-23-8-3-2-7-21(23)26(34)35/h2-15H,1H3. The summed E-state index contributed by atoms with van der Waals surface area (Å²) < 4.78 is 46.8. The van der Waals surface area contributed by atoms with Crippen molar-refractivity contribution < 1.29 is 17.6 Å². The Morgan fingerprint density at radius 3 is 2.56 bits per heavy atom. The third-order valence-electron chi connectivity index (χ3n) is 5.59. The van der Waals surface area contributed by atoms with Gasteiger partial charge < -0.3 is 4.42 Å². The highest BCUT2D eigenvalue weighted by Crippen LogP contribution is 2.32. The number of rotatable bonds is 4. The largest absolute Gasteiger partial charge is 0.455 e. The van der Waals surface area contributed by atoms with Gasteiger partial charge in [-0.15, -0.1) is 0 Å². The highest BCUT2D eigenvalue weighted by atomic mass is 35.5. The van der Waals surface area contributed by atoms with Crippen LogP contribution in [0.5, 0.6) is 0 Å². The minimum Gasteiger partial charge on any atom is -0.455 e. The lowest BCUT2D eigenvalue weighted by Gasteiger charge is -2.11. The number of aryl methyl sites for hydroxylation is 1. The second kappa shape index (κ2) is 9.13. The maximum absolute atomic E-state index is 13.3. The van der Waals surface area contributed by atoms with Gasteiger partial charge in [0.25, 0.3) is 5.56 Å². The molecule has 9 heteroatoms. The number of para-hydroxylation sites is 1. The van der Waals surface area contributed by atoms with E-state index in [9.17, 15) is 18.0 Å². The Morgan fingerprint density at radius 2 is 1.78 bits per heavy atom. The van der Waals surface area contributed by atoms with Gasteiger partial charge in [0.1, 0.15) is 11.5 Å². The molecule has 0 saturated heterocycles. The smallest absolute Gasteiger partial charge is 0.416 e. The van der Waals surface area contributed by atoms with Gasteiger partial charge >= 0.3 is 6.18 Å². The number of hydrogen-bond donors (Lipinski definition) is 0. The van der Waals surface area contributed by atoms with Crippen LogP contribution < -0.4 is 5.56 Å². The van der Waals surface area contributed by atoms with Gasteiger partial charge in [0.2, 0.25) is 0 Å². The van der Waals surface area contributed by atoms with E-state index in [0.717, 1.165) is 27.9 Å². The lowest BCUT2D eigenvalue weighted by Crippen LogP contribution is -2.20. The summed E-state index contributed by atoms with van der Waals surface area (Å²) in [5.41, 5.74) is 0.752. The van der Waals surface area contributed by atoms with Gasteiger partial charge in [0.15, 0.2) is 5.82 Å². The zero-order valence-corrected chi connectivity index (χ0v) is 19.5. The average molecular weight is 508 g/mol. The van der Waals surface area contributed by atoms with E-state index in [0.29, 0.717) is 22.1 Å². The Hall–Kier alpha value is -4.17. The molecule has 2 heterocycles. The molecule has 0 aliphatic heterocycles. The molecule has 180 valence electrons. The van der Waals surface area contributed by atoms with Crippen molar-refractivity contribution in [3.05, 3.63) is 111 Å². The number of nitrogens with zero attached hydrogens (tertiary/aromatic N) is 3. The van der Waals surface area contributed by atoms with Gasteiger partial charge in [-0.3, -0.25) is 4.79 Å². The summed E-state index contributed by atoms with van der Waals surface area (Å²) >= 11 is 6.21. The highest BCUT2D eigenvalue weighted by Gasteiger charge is 2.31. The first-order chi connectivity index (χ1) is 17.2. The van der Waals surface area contributed by atoms with Crippen LogP contribution in [-0.2, 0) is 6.18 Å². The molecule has 5 aromatic rings. The highest BCUT2D eigenvalue weighted by molar-refractivity contribution is 6.31. The van der Waals surface area contributed by atoms with E-state index >= 15 is 0 Å². The summed E-state index contributed by atoms with van der Waals surface area (Å²) in [6.07, 6.45) is -3.24. The van der Waals surface area contributed by atoms with E-state index in [1.54, 1.807) is 42.5 Å². The minimum absolute atomic E-state index is 0.0295. The van der Waals surface area contributed by atoms with Crippen LogP contribution >= 0.6 is 11.6 Å². The fraction of sp³-hybridized carbons (Fsp3) is 0.0741. The van der Waals surface area contributed by atoms with Crippen LogP contribution in [0.4, 0.5) is 13.2 Å². The molecule has 0 aliphatic rings. The third-order valence-corrected chi connectivity index (χ3v) is 5.99. The molecule has 0 bridgehead atoms. The summed E-state index contributed by atoms with van der Waals surface area (Å²) in [4.78, 5) is 17.7. The number of alkyl halides is 3. The van der Waals surface area contributed by atoms with Gasteiger partial charge in [-0.2, -0.15) is 22.9 Å². The molecule has 36 heavy (non-hydrogen) atoms. The predicted molar refractivity (Wildman–Crippen MR) is 133 cm³/mol. The number of halogens is 4. The number of aromatic nitrogens is 2. The topological polar surface area (TPSA) is 60.4 Å². The summed E-state index contributed by atoms with van der Waals surface area (Å²) in [7, 11) is 0. The number of hydrogen-bond acceptors (Lipinski definition) is 4. The average Bonchev–Trinajstić information content (AvgIpc) is 3.34. The summed E-state index contributed by atoms with van der Waals surface area (Å²) in [5.74, 6) is 0.843. The summed E-state index contributed by atoms with van der Waals surface area (Å²) in [6, 6.07) is 20.1. The van der Waals surface area contributed by atoms with Gasteiger partial charge in [-0.25, -0.2) is 4.98 Å². The van der Waals surface area contributed by atoms with Crippen LogP contribution in [0.15, 0.2) is 93.2 Å². The maximum atomic E-state index is 13.3. The normalized spacial score (nSPS) is 12.0. The molecule has 0 saturated carbocycles. The van der Waals surface area contributed by atoms with E-state index in [1.807, 2.05) is 19.1 Å². The van der Waals surface area contributed by atoms with Crippen molar-refractivity contribution in [2.24, 2.45) is 5.10 Å². The molecule has 0 radical (unpaired) electrons. The Labute approximate surface area is 208 Å². The van der Waals surface area contributed by atoms with Crippen molar-refractivity contribution in [3.63, 3.8) is 0 Å². The summed E-state index contributed by atoms with van der Waals surface area (Å²) in [5, 5.41) is 5.12. The van der Waals surface area contributed by atoms with E-state index in [1.165, 1.54) is 18.3 Å². The van der Waals surface area contributed by atoms with Gasteiger partial charge in [-0.05, 0) is 55.0 Å². The van der Waals surface area contributed by atoms with E-state index in [4.69, 9.17) is 16.0 Å². The number of benzene rings is 3. The molecular formula is C27H17ClF3N3O2. The van der Waals surface area contributed by atoms with Crippen molar-refractivity contribution in [2.45, 2.75) is 13.1 Å². The first-order valence-corrected chi connectivity index (χ1v) is 11.2. The van der Waals surface area contributed by atoms with Crippen LogP contribution in [0.2, 0.25) is 5.02 Å². The quantitative estimate of drug-likeness (QED) is 0.242. The van der Waals surface area contributed by atoms with Gasteiger partial charge in [-0.1, -0.05) is 48.0 Å². The fourth-order valence-electron chi connectivity index (χ4n) is 3.69. The van der Waals surface area contributed by atoms with Gasteiger partial charge in [0.05, 0.1) is 22.7 Å². The Balaban J connectivity index is 1.60. The predicted octanol–water partition coefficient (Wildman–Crippen LogP) is 7.19. The zero-order chi connectivity index (χ0) is 25.4. The molecule has 3 aromatic carbocycles. The van der Waals surface area contributed by atoms with Crippen molar-refractivity contribution in [3.8, 4) is 22.7 Å². The third kappa shape index (κ3) is 4.55. The van der Waals surface area contributed by atoms with Crippen LogP contribution in [0.3, 0.4) is 0 Å². The van der Waals surface area contributed by atoms with Crippen molar-refractivity contribution >= 4 is 28.7 Å². The molecule has 0 N–H and O–H groups in total. The molecule has 2 aromatic heterocycles. The lowest BCUT2D eigenvalue weighted by atomic mass is 10.1. The SMILES string of the molecule is Cc1ccc(-c2ccc(C=Nn3c(-c4cccc(C(F)(F)F)c4)nc4ccccc4c3=O)o2)cc1Cl. The molecule has 0 atom stereocenters. The minimum atomic E-state index is -4.55. The first-order valence-electron chi connectivity index (χ1n) is 10.8. The van der Waals surface area contributed by atoms with E-state index in [-0.39, 0.29) is 16.8 Å². The molecule has 5 nitrogen and oxygen atoms in total. The molecular weight excluding hydrogens is 491 g/mol. The fourth-order valence-corrected chi connectivity index (χ4v) is 3.87. The Kier molecular flexibility index (Phi) is 5.97. The molecule has 0 amide bonds. The van der Waals surface area contributed by atoms with Crippen LogP contribution in [0, 0.1) is 6.92 Å². The molecule has 0 spiro atoms. The van der Waals surface area contributed by atoms with Gasteiger partial charge in [0, 0.05) is 16.1 Å². The summed E-state index contributed by atoms with van der Waals surface area (Å²) in [6.45, 7) is 1.89. The monoisotopic (exact) mass is 507 g/mol. The molecule has 0 unspecified atom stereocenters. The second-order valence-electron chi connectivity index (χ2n) is 8.06. The van der Waals surface area contributed by atoms with Crippen molar-refractivity contribution in [1.29, 1.82) is 0 Å². The number of furan rings is 1. The van der Waals surface area contributed by atoms with E-state index in [2.05, 4.69) is 10.1 Å². The number of fused-ring (bicyclic) bond motifs is 1. The molecule has 0 aliphatic carbocycles. The van der Waals surface area contributed by atoms with E-state index < -0.39 is 17.3 Å². The van der Waals surface area contributed by atoms with Crippen LogP contribution in [-0.4, -0.2) is 15.9 Å². The van der Waals surface area contributed by atoms with Crippen LogP contribution in [0.1, 0.15) is 16.9 Å². The van der Waals surface area contributed by atoms with Crippen molar-refractivity contribution in [2.75, 3.05) is 0 Å². The Morgan fingerprint density at radius 1 is 0.972 bits per heavy atom. The first kappa shape index (κ1) is 23.6.